The van der Waals surface area contributed by atoms with Crippen molar-refractivity contribution in [2.45, 2.75) is 18.1 Å². The monoisotopic (exact) mass is 272 g/mol. The Bertz CT molecular complexity index is 316. The van der Waals surface area contributed by atoms with Crippen LogP contribution in [0.3, 0.4) is 0 Å². The van der Waals surface area contributed by atoms with Crippen LogP contribution in [0.2, 0.25) is 0 Å². The summed E-state index contributed by atoms with van der Waals surface area (Å²) in [5.74, 6) is -0.530. The molecule has 1 unspecified atom stereocenters. The van der Waals surface area contributed by atoms with Gasteiger partial charge in [0, 0.05) is 5.75 Å². The van der Waals surface area contributed by atoms with Gasteiger partial charge in [-0.3, -0.25) is 0 Å². The normalized spacial score (nSPS) is 24.4. The average Bonchev–Trinajstić information content (AvgIpc) is 2.63. The third-order valence-electron chi connectivity index (χ3n) is 2.23. The maximum atomic E-state index is 11.8. The molecule has 0 radical (unpaired) electrons. The first-order valence-electron chi connectivity index (χ1n) is 4.69. The summed E-state index contributed by atoms with van der Waals surface area (Å²) in [5, 5.41) is 12.6. The molecule has 17 heavy (non-hydrogen) atoms. The van der Waals surface area contributed by atoms with Crippen LogP contribution in [-0.2, 0) is 4.79 Å². The first-order chi connectivity index (χ1) is 7.75. The van der Waals surface area contributed by atoms with Gasteiger partial charge < -0.3 is 15.7 Å². The zero-order chi connectivity index (χ0) is 13.1. The SMILES string of the molecule is O=C(NCC(F)(F)F)NC1(C(=O)O)CCSC1. The molecule has 9 heteroatoms. The van der Waals surface area contributed by atoms with E-state index in [1.54, 1.807) is 5.32 Å². The van der Waals surface area contributed by atoms with Crippen molar-refractivity contribution in [3.05, 3.63) is 0 Å². The standard InChI is InChI=1S/C8H11F3N2O3S/c9-8(10,11)3-12-6(16)13-7(5(14)15)1-2-17-4-7/h1-4H2,(H,14,15)(H2,12,13,16). The molecule has 98 valence electrons. The summed E-state index contributed by atoms with van der Waals surface area (Å²) in [7, 11) is 0. The van der Waals surface area contributed by atoms with E-state index >= 15 is 0 Å². The molecule has 1 aliphatic rings. The van der Waals surface area contributed by atoms with Crippen LogP contribution in [0.5, 0.6) is 0 Å². The summed E-state index contributed by atoms with van der Waals surface area (Å²) in [6.07, 6.45) is -4.31. The third kappa shape index (κ3) is 3.99. The van der Waals surface area contributed by atoms with Gasteiger partial charge in [-0.05, 0) is 12.2 Å². The first kappa shape index (κ1) is 13.9. The minimum Gasteiger partial charge on any atom is -0.479 e. The van der Waals surface area contributed by atoms with E-state index in [0.29, 0.717) is 5.75 Å². The van der Waals surface area contributed by atoms with Gasteiger partial charge in [-0.15, -0.1) is 0 Å². The number of carboxylic acids is 1. The fraction of sp³-hybridized carbons (Fsp3) is 0.750. The van der Waals surface area contributed by atoms with Crippen molar-refractivity contribution in [3.63, 3.8) is 0 Å². The molecule has 0 spiro atoms. The second-order valence-corrected chi connectivity index (χ2v) is 4.72. The van der Waals surface area contributed by atoms with Crippen LogP contribution < -0.4 is 10.6 Å². The van der Waals surface area contributed by atoms with Gasteiger partial charge in [-0.1, -0.05) is 0 Å². The third-order valence-corrected chi connectivity index (χ3v) is 3.42. The van der Waals surface area contributed by atoms with Crippen LogP contribution in [0.25, 0.3) is 0 Å². The maximum Gasteiger partial charge on any atom is 0.405 e. The fourth-order valence-electron chi connectivity index (χ4n) is 1.33. The summed E-state index contributed by atoms with van der Waals surface area (Å²) in [5.41, 5.74) is -1.46. The van der Waals surface area contributed by atoms with E-state index in [-0.39, 0.29) is 12.2 Å². The highest BCUT2D eigenvalue weighted by Crippen LogP contribution is 2.28. The highest BCUT2D eigenvalue weighted by atomic mass is 32.2. The molecule has 0 aromatic rings. The number of hydrogen-bond donors (Lipinski definition) is 3. The Morgan fingerprint density at radius 2 is 2.06 bits per heavy atom. The molecule has 0 saturated carbocycles. The Balaban J connectivity index is 2.51. The lowest BCUT2D eigenvalue weighted by molar-refractivity contribution is -0.143. The average molecular weight is 272 g/mol. The Morgan fingerprint density at radius 3 is 2.47 bits per heavy atom. The number of aliphatic carboxylic acids is 1. The van der Waals surface area contributed by atoms with Gasteiger partial charge in [0.1, 0.15) is 12.1 Å². The molecule has 3 N–H and O–H groups in total. The summed E-state index contributed by atoms with van der Waals surface area (Å²) in [6, 6.07) is -1.12. The van der Waals surface area contributed by atoms with Crippen molar-refractivity contribution in [2.75, 3.05) is 18.1 Å². The van der Waals surface area contributed by atoms with Crippen molar-refractivity contribution < 1.29 is 27.9 Å². The minimum absolute atomic E-state index is 0.155. The number of carboxylic acid groups (broad SMARTS) is 1. The quantitative estimate of drug-likeness (QED) is 0.710. The van der Waals surface area contributed by atoms with Crippen LogP contribution in [0.15, 0.2) is 0 Å². The molecule has 0 aromatic heterocycles. The van der Waals surface area contributed by atoms with E-state index in [0.717, 1.165) is 0 Å². The molecule has 1 atom stereocenters. The number of rotatable bonds is 3. The van der Waals surface area contributed by atoms with Crippen molar-refractivity contribution in [2.24, 2.45) is 0 Å². The Morgan fingerprint density at radius 1 is 1.41 bits per heavy atom. The van der Waals surface area contributed by atoms with Gasteiger partial charge in [0.25, 0.3) is 0 Å². The minimum atomic E-state index is -4.52. The van der Waals surface area contributed by atoms with Gasteiger partial charge in [0.15, 0.2) is 0 Å². The van der Waals surface area contributed by atoms with Crippen LogP contribution in [0.1, 0.15) is 6.42 Å². The molecule has 1 saturated heterocycles. The van der Waals surface area contributed by atoms with Crippen LogP contribution in [-0.4, -0.2) is 46.9 Å². The molecule has 1 fully saturated rings. The Hall–Kier alpha value is -1.12. The highest BCUT2D eigenvalue weighted by Gasteiger charge is 2.43. The van der Waals surface area contributed by atoms with E-state index in [2.05, 4.69) is 5.32 Å². The van der Waals surface area contributed by atoms with Crippen molar-refractivity contribution in [3.8, 4) is 0 Å². The fourth-order valence-corrected chi connectivity index (χ4v) is 2.65. The lowest BCUT2D eigenvalue weighted by Crippen LogP contribution is -2.58. The smallest absolute Gasteiger partial charge is 0.405 e. The van der Waals surface area contributed by atoms with Crippen LogP contribution in [0, 0.1) is 0 Å². The number of hydrogen-bond acceptors (Lipinski definition) is 3. The molecule has 1 heterocycles. The van der Waals surface area contributed by atoms with Crippen molar-refractivity contribution >= 4 is 23.8 Å². The predicted molar refractivity (Wildman–Crippen MR) is 54.9 cm³/mol. The number of amides is 2. The highest BCUT2D eigenvalue weighted by molar-refractivity contribution is 7.99. The second kappa shape index (κ2) is 5.03. The van der Waals surface area contributed by atoms with E-state index in [1.807, 2.05) is 0 Å². The molecule has 1 aliphatic heterocycles. The number of thioether (sulfide) groups is 1. The number of carbonyl (C=O) groups excluding carboxylic acids is 1. The molecular formula is C8H11F3N2O3S. The van der Waals surface area contributed by atoms with Crippen molar-refractivity contribution in [1.82, 2.24) is 10.6 Å². The molecular weight excluding hydrogens is 261 g/mol. The van der Waals surface area contributed by atoms with E-state index in [1.165, 1.54) is 11.8 Å². The van der Waals surface area contributed by atoms with Crippen molar-refractivity contribution in [1.29, 1.82) is 0 Å². The molecule has 2 amide bonds. The van der Waals surface area contributed by atoms with Gasteiger partial charge in [0.2, 0.25) is 0 Å². The number of carbonyl (C=O) groups is 2. The molecule has 5 nitrogen and oxygen atoms in total. The maximum absolute atomic E-state index is 11.8. The zero-order valence-electron chi connectivity index (χ0n) is 8.63. The Kier molecular flexibility index (Phi) is 4.12. The second-order valence-electron chi connectivity index (χ2n) is 3.61. The molecule has 1 rings (SSSR count). The summed E-state index contributed by atoms with van der Waals surface area (Å²) < 4.78 is 35.5. The van der Waals surface area contributed by atoms with Gasteiger partial charge in [-0.25, -0.2) is 9.59 Å². The predicted octanol–water partition coefficient (Wildman–Crippen LogP) is 0.808. The van der Waals surface area contributed by atoms with E-state index in [9.17, 15) is 22.8 Å². The van der Waals surface area contributed by atoms with Gasteiger partial charge in [-0.2, -0.15) is 24.9 Å². The lowest BCUT2D eigenvalue weighted by Gasteiger charge is -2.24. The molecule has 0 aliphatic carbocycles. The summed E-state index contributed by atoms with van der Waals surface area (Å²) in [6.45, 7) is -1.48. The molecule has 0 aromatic carbocycles. The molecule has 0 bridgehead atoms. The number of alkyl halides is 3. The van der Waals surface area contributed by atoms with Crippen LogP contribution in [0.4, 0.5) is 18.0 Å². The summed E-state index contributed by atoms with van der Waals surface area (Å²) in [4.78, 5) is 22.1. The first-order valence-corrected chi connectivity index (χ1v) is 5.85. The van der Waals surface area contributed by atoms with E-state index < -0.39 is 30.3 Å². The number of nitrogens with one attached hydrogen (secondary N) is 2. The van der Waals surface area contributed by atoms with E-state index in [4.69, 9.17) is 5.11 Å². The zero-order valence-corrected chi connectivity index (χ0v) is 9.45. The lowest BCUT2D eigenvalue weighted by atomic mass is 10.00. The van der Waals surface area contributed by atoms with Gasteiger partial charge in [0.05, 0.1) is 0 Å². The van der Waals surface area contributed by atoms with Gasteiger partial charge >= 0.3 is 18.2 Å². The Labute approximate surface area is 99.1 Å². The number of halogens is 3. The largest absolute Gasteiger partial charge is 0.479 e. The number of urea groups is 1. The van der Waals surface area contributed by atoms with Crippen LogP contribution >= 0.6 is 11.8 Å². The topological polar surface area (TPSA) is 78.4 Å². The summed E-state index contributed by atoms with van der Waals surface area (Å²) >= 11 is 1.33.